The second-order valence-corrected chi connectivity index (χ2v) is 4.68. The number of aromatic hydroxyl groups is 1. The zero-order valence-corrected chi connectivity index (χ0v) is 13.1. The van der Waals surface area contributed by atoms with E-state index in [9.17, 15) is 5.11 Å². The van der Waals surface area contributed by atoms with E-state index in [0.717, 1.165) is 11.3 Å². The van der Waals surface area contributed by atoms with E-state index in [2.05, 4.69) is 4.99 Å². The molecule has 0 aliphatic heterocycles. The minimum Gasteiger partial charge on any atom is -0.507 e. The van der Waals surface area contributed by atoms with Crippen LogP contribution in [0.15, 0.2) is 35.3 Å². The van der Waals surface area contributed by atoms with Crippen LogP contribution in [0.25, 0.3) is 0 Å². The standard InChI is InChI=1S/C17H19NO4/c1-11-7-16(21-3)17(22-4)9-14(11)18-10-12-8-13(20-2)5-6-15(12)19/h5-10,19H,1-4H3. The second-order valence-electron chi connectivity index (χ2n) is 4.68. The molecule has 0 radical (unpaired) electrons. The average Bonchev–Trinajstić information content (AvgIpc) is 2.54. The first-order chi connectivity index (χ1) is 10.6. The molecule has 0 aliphatic carbocycles. The second kappa shape index (κ2) is 6.85. The highest BCUT2D eigenvalue weighted by Crippen LogP contribution is 2.34. The number of hydrogen-bond donors (Lipinski definition) is 1. The smallest absolute Gasteiger partial charge is 0.162 e. The van der Waals surface area contributed by atoms with Gasteiger partial charge in [-0.1, -0.05) is 0 Å². The monoisotopic (exact) mass is 301 g/mol. The van der Waals surface area contributed by atoms with Gasteiger partial charge in [0.15, 0.2) is 11.5 Å². The molecular formula is C17H19NO4. The van der Waals surface area contributed by atoms with Crippen LogP contribution in [0.2, 0.25) is 0 Å². The normalized spacial score (nSPS) is 10.7. The molecular weight excluding hydrogens is 282 g/mol. The molecule has 5 heteroatoms. The van der Waals surface area contributed by atoms with E-state index in [1.54, 1.807) is 51.8 Å². The number of nitrogens with zero attached hydrogens (tertiary/aromatic N) is 1. The van der Waals surface area contributed by atoms with Crippen molar-refractivity contribution in [3.8, 4) is 23.0 Å². The molecule has 0 fully saturated rings. The van der Waals surface area contributed by atoms with Crippen LogP contribution in [0.5, 0.6) is 23.0 Å². The number of aryl methyl sites for hydroxylation is 1. The fourth-order valence-electron chi connectivity index (χ4n) is 2.01. The molecule has 0 unspecified atom stereocenters. The minimum absolute atomic E-state index is 0.141. The highest BCUT2D eigenvalue weighted by molar-refractivity contribution is 5.86. The number of phenolic OH excluding ortho intramolecular Hbond substituents is 1. The average molecular weight is 301 g/mol. The Hall–Kier alpha value is -2.69. The third-order valence-corrected chi connectivity index (χ3v) is 3.28. The number of rotatable bonds is 5. The zero-order chi connectivity index (χ0) is 16.1. The molecule has 0 amide bonds. The van der Waals surface area contributed by atoms with Crippen LogP contribution in [-0.4, -0.2) is 32.7 Å². The Morgan fingerprint density at radius 3 is 2.27 bits per heavy atom. The maximum atomic E-state index is 9.87. The van der Waals surface area contributed by atoms with Crippen molar-refractivity contribution in [1.82, 2.24) is 0 Å². The number of methoxy groups -OCH3 is 3. The van der Waals surface area contributed by atoms with Gasteiger partial charge in [-0.05, 0) is 36.8 Å². The highest BCUT2D eigenvalue weighted by atomic mass is 16.5. The summed E-state index contributed by atoms with van der Waals surface area (Å²) in [6.07, 6.45) is 1.59. The van der Waals surface area contributed by atoms with Gasteiger partial charge in [-0.25, -0.2) is 0 Å². The molecule has 116 valence electrons. The fraction of sp³-hybridized carbons (Fsp3) is 0.235. The molecule has 2 aromatic carbocycles. The van der Waals surface area contributed by atoms with Crippen LogP contribution < -0.4 is 14.2 Å². The van der Waals surface area contributed by atoms with Crippen molar-refractivity contribution >= 4 is 11.9 Å². The maximum absolute atomic E-state index is 9.87. The van der Waals surface area contributed by atoms with Gasteiger partial charge in [0.25, 0.3) is 0 Å². The molecule has 0 aromatic heterocycles. The van der Waals surface area contributed by atoms with Gasteiger partial charge in [-0.15, -0.1) is 0 Å². The summed E-state index contributed by atoms with van der Waals surface area (Å²) in [6, 6.07) is 8.63. The lowest BCUT2D eigenvalue weighted by atomic mass is 10.1. The van der Waals surface area contributed by atoms with Crippen LogP contribution in [0.1, 0.15) is 11.1 Å². The molecule has 5 nitrogen and oxygen atoms in total. The molecule has 0 saturated carbocycles. The van der Waals surface area contributed by atoms with Gasteiger partial charge in [-0.3, -0.25) is 4.99 Å². The first-order valence-corrected chi connectivity index (χ1v) is 6.72. The Morgan fingerprint density at radius 2 is 1.64 bits per heavy atom. The maximum Gasteiger partial charge on any atom is 0.162 e. The van der Waals surface area contributed by atoms with E-state index >= 15 is 0 Å². The number of aliphatic imine (C=N–C) groups is 1. The molecule has 0 aliphatic rings. The van der Waals surface area contributed by atoms with Gasteiger partial charge in [0, 0.05) is 17.8 Å². The lowest BCUT2D eigenvalue weighted by Crippen LogP contribution is -1.92. The quantitative estimate of drug-likeness (QED) is 0.859. The molecule has 22 heavy (non-hydrogen) atoms. The van der Waals surface area contributed by atoms with Crippen molar-refractivity contribution in [2.75, 3.05) is 21.3 Å². The first-order valence-electron chi connectivity index (χ1n) is 6.72. The SMILES string of the molecule is COc1ccc(O)c(C=Nc2cc(OC)c(OC)cc2C)c1. The van der Waals surface area contributed by atoms with E-state index in [0.29, 0.717) is 22.8 Å². The number of ether oxygens (including phenoxy) is 3. The van der Waals surface area contributed by atoms with Gasteiger partial charge in [-0.2, -0.15) is 0 Å². The summed E-state index contributed by atoms with van der Waals surface area (Å²) in [5, 5.41) is 9.87. The van der Waals surface area contributed by atoms with E-state index < -0.39 is 0 Å². The van der Waals surface area contributed by atoms with Crippen LogP contribution in [-0.2, 0) is 0 Å². The first kappa shape index (κ1) is 15.7. The largest absolute Gasteiger partial charge is 0.507 e. The third-order valence-electron chi connectivity index (χ3n) is 3.28. The summed E-state index contributed by atoms with van der Waals surface area (Å²) >= 11 is 0. The molecule has 0 bridgehead atoms. The van der Waals surface area contributed by atoms with Crippen molar-refractivity contribution in [3.05, 3.63) is 41.5 Å². The Balaban J connectivity index is 2.38. The van der Waals surface area contributed by atoms with E-state index in [1.807, 2.05) is 13.0 Å². The van der Waals surface area contributed by atoms with Crippen molar-refractivity contribution < 1.29 is 19.3 Å². The fourth-order valence-corrected chi connectivity index (χ4v) is 2.01. The summed E-state index contributed by atoms with van der Waals surface area (Å²) < 4.78 is 15.7. The topological polar surface area (TPSA) is 60.3 Å². The van der Waals surface area contributed by atoms with E-state index in [-0.39, 0.29) is 5.75 Å². The summed E-state index contributed by atoms with van der Waals surface area (Å²) in [4.78, 5) is 4.42. The van der Waals surface area contributed by atoms with Crippen molar-refractivity contribution in [2.45, 2.75) is 6.92 Å². The molecule has 1 N–H and O–H groups in total. The minimum atomic E-state index is 0.141. The summed E-state index contributed by atoms with van der Waals surface area (Å²) in [6.45, 7) is 1.93. The van der Waals surface area contributed by atoms with Crippen LogP contribution in [0.3, 0.4) is 0 Å². The van der Waals surface area contributed by atoms with Crippen molar-refractivity contribution in [3.63, 3.8) is 0 Å². The van der Waals surface area contributed by atoms with Crippen molar-refractivity contribution in [2.24, 2.45) is 4.99 Å². The van der Waals surface area contributed by atoms with Crippen molar-refractivity contribution in [1.29, 1.82) is 0 Å². The number of phenols is 1. The van der Waals surface area contributed by atoms with Gasteiger partial charge >= 0.3 is 0 Å². The summed E-state index contributed by atoms with van der Waals surface area (Å²) in [7, 11) is 4.74. The molecule has 0 saturated heterocycles. The lowest BCUT2D eigenvalue weighted by Gasteiger charge is -2.10. The molecule has 2 rings (SSSR count). The molecule has 0 heterocycles. The lowest BCUT2D eigenvalue weighted by molar-refractivity contribution is 0.355. The number of benzene rings is 2. The van der Waals surface area contributed by atoms with Gasteiger partial charge in [0.2, 0.25) is 0 Å². The van der Waals surface area contributed by atoms with Gasteiger partial charge in [0.05, 0.1) is 27.0 Å². The summed E-state index contributed by atoms with van der Waals surface area (Å²) in [5.41, 5.74) is 2.25. The Morgan fingerprint density at radius 1 is 0.955 bits per heavy atom. The highest BCUT2D eigenvalue weighted by Gasteiger charge is 2.08. The Bertz CT molecular complexity index is 695. The predicted molar refractivity (Wildman–Crippen MR) is 86.2 cm³/mol. The zero-order valence-electron chi connectivity index (χ0n) is 13.1. The molecule has 0 spiro atoms. The number of hydrogen-bond acceptors (Lipinski definition) is 5. The van der Waals surface area contributed by atoms with Gasteiger partial charge in [0.1, 0.15) is 11.5 Å². The molecule has 0 atom stereocenters. The van der Waals surface area contributed by atoms with Gasteiger partial charge < -0.3 is 19.3 Å². The van der Waals surface area contributed by atoms with E-state index in [1.165, 1.54) is 0 Å². The molecule has 2 aromatic rings. The van der Waals surface area contributed by atoms with E-state index in [4.69, 9.17) is 14.2 Å². The van der Waals surface area contributed by atoms with Crippen LogP contribution in [0.4, 0.5) is 5.69 Å². The van der Waals surface area contributed by atoms with Crippen LogP contribution in [0, 0.1) is 6.92 Å². The summed E-state index contributed by atoms with van der Waals surface area (Å²) in [5.74, 6) is 2.06. The Kier molecular flexibility index (Phi) is 4.88. The predicted octanol–water partition coefficient (Wildman–Crippen LogP) is 3.48. The Labute approximate surface area is 129 Å². The third kappa shape index (κ3) is 3.31. The van der Waals surface area contributed by atoms with Crippen LogP contribution >= 0.6 is 0 Å².